The number of hydrogen-bond acceptors (Lipinski definition) is 3. The number of carbonyl (C=O) groups is 1. The molecule has 0 N–H and O–H groups in total. The normalized spacial score (nSPS) is 17.5. The van der Waals surface area contributed by atoms with E-state index in [9.17, 15) is 4.79 Å². The van der Waals surface area contributed by atoms with Crippen molar-refractivity contribution < 1.29 is 9.53 Å². The zero-order valence-corrected chi connectivity index (χ0v) is 15.0. The highest BCUT2D eigenvalue weighted by molar-refractivity contribution is 6.36. The minimum atomic E-state index is -0.872. The van der Waals surface area contributed by atoms with Crippen molar-refractivity contribution in [3.05, 3.63) is 52.3 Å². The molecule has 0 saturated heterocycles. The van der Waals surface area contributed by atoms with Crippen LogP contribution in [-0.2, 0) is 16.6 Å². The van der Waals surface area contributed by atoms with Gasteiger partial charge in [-0.05, 0) is 19.9 Å². The van der Waals surface area contributed by atoms with E-state index in [1.807, 2.05) is 55.9 Å². The molecule has 1 amide bonds. The summed E-state index contributed by atoms with van der Waals surface area (Å²) in [7, 11) is 3.70. The Morgan fingerprint density at radius 3 is 2.67 bits per heavy atom. The van der Waals surface area contributed by atoms with E-state index in [2.05, 4.69) is 4.99 Å². The van der Waals surface area contributed by atoms with Crippen molar-refractivity contribution in [1.29, 1.82) is 0 Å². The van der Waals surface area contributed by atoms with E-state index < -0.39 is 6.23 Å². The second-order valence-electron chi connectivity index (χ2n) is 5.75. The molecule has 126 valence electrons. The molecule has 0 bridgehead atoms. The molecule has 0 aliphatic carbocycles. The van der Waals surface area contributed by atoms with Gasteiger partial charge in [0.15, 0.2) is 0 Å². The highest BCUT2D eigenvalue weighted by atomic mass is 35.5. The largest absolute Gasteiger partial charge is 0.352 e. The van der Waals surface area contributed by atoms with Gasteiger partial charge >= 0.3 is 0 Å². The summed E-state index contributed by atoms with van der Waals surface area (Å²) in [4.78, 5) is 19.0. The van der Waals surface area contributed by atoms with Crippen LogP contribution in [-0.4, -0.2) is 36.1 Å². The van der Waals surface area contributed by atoms with Crippen molar-refractivity contribution in [3.8, 4) is 0 Å². The van der Waals surface area contributed by atoms with Gasteiger partial charge in [0.2, 0.25) is 6.23 Å². The third-order valence-corrected chi connectivity index (χ3v) is 4.63. The van der Waals surface area contributed by atoms with Crippen LogP contribution in [0.2, 0.25) is 5.02 Å². The summed E-state index contributed by atoms with van der Waals surface area (Å²) in [6.45, 7) is 4.26. The van der Waals surface area contributed by atoms with Crippen LogP contribution in [0.3, 0.4) is 0 Å². The Morgan fingerprint density at radius 2 is 2.00 bits per heavy atom. The first-order valence-corrected chi connectivity index (χ1v) is 8.21. The molecular formula is C18H20ClN3O2. The standard InChI is InChI=1S/C18H20ClN3O2/c1-5-24-17-18(23)22(4)14-10-21(3)11(2)15(14)16(20-17)12-8-6-7-9-13(12)19/h6-10,17H,5H2,1-4H3. The summed E-state index contributed by atoms with van der Waals surface area (Å²) in [6.07, 6.45) is 1.06. The summed E-state index contributed by atoms with van der Waals surface area (Å²) >= 11 is 6.41. The van der Waals surface area contributed by atoms with E-state index in [0.717, 1.165) is 22.5 Å². The molecule has 5 nitrogen and oxygen atoms in total. The summed E-state index contributed by atoms with van der Waals surface area (Å²) in [5.41, 5.74) is 4.21. The Morgan fingerprint density at radius 1 is 1.29 bits per heavy atom. The van der Waals surface area contributed by atoms with Crippen molar-refractivity contribution in [2.75, 3.05) is 18.6 Å². The Bertz CT molecular complexity index is 826. The Balaban J connectivity index is 2.30. The van der Waals surface area contributed by atoms with Gasteiger partial charge in [0.1, 0.15) is 0 Å². The number of hydrogen-bond donors (Lipinski definition) is 0. The fraction of sp³-hybridized carbons (Fsp3) is 0.333. The van der Waals surface area contributed by atoms with Crippen molar-refractivity contribution >= 4 is 28.9 Å². The maximum atomic E-state index is 12.7. The molecule has 1 atom stereocenters. The van der Waals surface area contributed by atoms with Crippen LogP contribution in [0, 0.1) is 6.92 Å². The van der Waals surface area contributed by atoms with Crippen molar-refractivity contribution in [2.24, 2.45) is 12.0 Å². The first-order valence-electron chi connectivity index (χ1n) is 7.83. The lowest BCUT2D eigenvalue weighted by Crippen LogP contribution is -2.36. The van der Waals surface area contributed by atoms with Crippen LogP contribution in [0.15, 0.2) is 35.5 Å². The second-order valence-corrected chi connectivity index (χ2v) is 6.16. The van der Waals surface area contributed by atoms with Gasteiger partial charge in [-0.1, -0.05) is 29.8 Å². The molecule has 0 radical (unpaired) electrons. The molecule has 0 saturated carbocycles. The Labute approximate surface area is 146 Å². The van der Waals surface area contributed by atoms with Crippen LogP contribution in [0.1, 0.15) is 23.7 Å². The molecule has 1 aromatic carbocycles. The molecule has 1 aliphatic heterocycles. The summed E-state index contributed by atoms with van der Waals surface area (Å²) in [5, 5.41) is 0.595. The molecule has 2 aromatic rings. The number of nitrogens with zero attached hydrogens (tertiary/aromatic N) is 3. The molecule has 3 rings (SSSR count). The molecule has 1 unspecified atom stereocenters. The predicted octanol–water partition coefficient (Wildman–Crippen LogP) is 3.16. The Hall–Kier alpha value is -2.11. The number of aliphatic imine (C=N–C) groups is 1. The average molecular weight is 346 g/mol. The minimum absolute atomic E-state index is 0.189. The highest BCUT2D eigenvalue weighted by Crippen LogP contribution is 2.33. The average Bonchev–Trinajstić information content (AvgIpc) is 2.81. The van der Waals surface area contributed by atoms with Gasteiger partial charge < -0.3 is 14.2 Å². The van der Waals surface area contributed by atoms with Gasteiger partial charge in [-0.2, -0.15) is 0 Å². The number of carbonyl (C=O) groups excluding carboxylic acids is 1. The van der Waals surface area contributed by atoms with Gasteiger partial charge in [-0.25, -0.2) is 4.99 Å². The summed E-state index contributed by atoms with van der Waals surface area (Å²) in [6, 6.07) is 7.52. The fourth-order valence-electron chi connectivity index (χ4n) is 2.90. The van der Waals surface area contributed by atoms with E-state index in [-0.39, 0.29) is 5.91 Å². The SMILES string of the molecule is CCOC1N=C(c2ccccc2Cl)c2c(cn(C)c2C)N(C)C1=O. The lowest BCUT2D eigenvalue weighted by Gasteiger charge is -2.18. The molecule has 0 spiro atoms. The number of ether oxygens (including phenoxy) is 1. The van der Waals surface area contributed by atoms with E-state index in [0.29, 0.717) is 17.3 Å². The van der Waals surface area contributed by atoms with Crippen LogP contribution in [0.5, 0.6) is 0 Å². The minimum Gasteiger partial charge on any atom is -0.352 e. The number of anilines is 1. The molecule has 0 fully saturated rings. The van der Waals surface area contributed by atoms with Crippen LogP contribution >= 0.6 is 11.6 Å². The zero-order valence-electron chi connectivity index (χ0n) is 14.2. The summed E-state index contributed by atoms with van der Waals surface area (Å²) < 4.78 is 7.57. The number of aryl methyl sites for hydroxylation is 1. The number of benzene rings is 1. The van der Waals surface area contributed by atoms with Crippen molar-refractivity contribution in [3.63, 3.8) is 0 Å². The van der Waals surface area contributed by atoms with Crippen molar-refractivity contribution in [2.45, 2.75) is 20.1 Å². The molecule has 2 heterocycles. The van der Waals surface area contributed by atoms with Gasteiger partial charge in [0, 0.05) is 48.7 Å². The lowest BCUT2D eigenvalue weighted by molar-refractivity contribution is -0.128. The van der Waals surface area contributed by atoms with E-state index in [1.54, 1.807) is 11.9 Å². The first-order chi connectivity index (χ1) is 11.5. The molecular weight excluding hydrogens is 326 g/mol. The number of fused-ring (bicyclic) bond motifs is 1. The van der Waals surface area contributed by atoms with Crippen LogP contribution < -0.4 is 4.90 Å². The monoisotopic (exact) mass is 345 g/mol. The number of halogens is 1. The fourth-order valence-corrected chi connectivity index (χ4v) is 3.12. The third-order valence-electron chi connectivity index (χ3n) is 4.30. The van der Waals surface area contributed by atoms with E-state index >= 15 is 0 Å². The van der Waals surface area contributed by atoms with Gasteiger partial charge in [-0.15, -0.1) is 0 Å². The number of amides is 1. The van der Waals surface area contributed by atoms with E-state index in [4.69, 9.17) is 16.3 Å². The van der Waals surface area contributed by atoms with Gasteiger partial charge in [0.05, 0.1) is 11.4 Å². The molecule has 6 heteroatoms. The quantitative estimate of drug-likeness (QED) is 0.857. The van der Waals surface area contributed by atoms with Crippen LogP contribution in [0.25, 0.3) is 0 Å². The number of rotatable bonds is 3. The molecule has 1 aromatic heterocycles. The smallest absolute Gasteiger partial charge is 0.278 e. The van der Waals surface area contributed by atoms with Gasteiger partial charge in [-0.3, -0.25) is 4.79 Å². The topological polar surface area (TPSA) is 46.8 Å². The van der Waals surface area contributed by atoms with Crippen molar-refractivity contribution in [1.82, 2.24) is 4.57 Å². The van der Waals surface area contributed by atoms with E-state index in [1.165, 1.54) is 0 Å². The maximum Gasteiger partial charge on any atom is 0.278 e. The number of aromatic nitrogens is 1. The predicted molar refractivity (Wildman–Crippen MR) is 96.1 cm³/mol. The zero-order chi connectivity index (χ0) is 17.4. The second kappa shape index (κ2) is 6.42. The highest BCUT2D eigenvalue weighted by Gasteiger charge is 2.33. The number of likely N-dealkylation sites (N-methyl/N-ethyl adjacent to an activating group) is 1. The Kier molecular flexibility index (Phi) is 4.47. The molecule has 1 aliphatic rings. The first kappa shape index (κ1) is 16.7. The van der Waals surface area contributed by atoms with Crippen LogP contribution in [0.4, 0.5) is 5.69 Å². The third kappa shape index (κ3) is 2.64. The summed E-state index contributed by atoms with van der Waals surface area (Å²) in [5.74, 6) is -0.189. The molecule has 24 heavy (non-hydrogen) atoms. The maximum absolute atomic E-state index is 12.7. The lowest BCUT2D eigenvalue weighted by atomic mass is 10.0. The van der Waals surface area contributed by atoms with Gasteiger partial charge in [0.25, 0.3) is 5.91 Å².